The van der Waals surface area contributed by atoms with E-state index in [1.165, 1.54) is 46.0 Å². The van der Waals surface area contributed by atoms with Gasteiger partial charge in [-0.3, -0.25) is 4.79 Å². The van der Waals surface area contributed by atoms with Crippen LogP contribution >= 0.6 is 11.3 Å². The number of benzene rings is 2. The number of thiazole rings is 1. The van der Waals surface area contributed by atoms with E-state index in [0.29, 0.717) is 34.8 Å². The maximum Gasteiger partial charge on any atom is 0.279 e. The second-order valence-corrected chi connectivity index (χ2v) is 11.3. The van der Waals surface area contributed by atoms with Crippen LogP contribution in [0, 0.1) is 5.82 Å². The molecular formula is C24H28FN3O5S2. The highest BCUT2D eigenvalue weighted by atomic mass is 32.2. The summed E-state index contributed by atoms with van der Waals surface area (Å²) in [4.78, 5) is 17.6. The van der Waals surface area contributed by atoms with Crippen molar-refractivity contribution in [1.29, 1.82) is 0 Å². The fraction of sp³-hybridized carbons (Fsp3) is 0.417. The van der Waals surface area contributed by atoms with E-state index in [1.807, 2.05) is 20.8 Å². The van der Waals surface area contributed by atoms with E-state index in [2.05, 4.69) is 4.99 Å². The van der Waals surface area contributed by atoms with Crippen LogP contribution in [-0.4, -0.2) is 61.7 Å². The summed E-state index contributed by atoms with van der Waals surface area (Å²) in [7, 11) is -3.72. The molecule has 0 spiro atoms. The topological polar surface area (TPSA) is 90.2 Å². The van der Waals surface area contributed by atoms with Gasteiger partial charge in [0.1, 0.15) is 5.82 Å². The third kappa shape index (κ3) is 5.54. The number of carbonyl (C=O) groups is 1. The van der Waals surface area contributed by atoms with Crippen molar-refractivity contribution in [3.63, 3.8) is 0 Å². The smallest absolute Gasteiger partial charge is 0.279 e. The van der Waals surface area contributed by atoms with Crippen LogP contribution in [0.15, 0.2) is 52.4 Å². The summed E-state index contributed by atoms with van der Waals surface area (Å²) in [5.41, 5.74) is 0.612. The molecule has 188 valence electrons. The SMILES string of the molecule is CCOCCn1c(=NC(=O)c2ccc(S(=O)(=O)N3CC(C)OC(C)C3)cc2)sc2cccc(F)c21. The van der Waals surface area contributed by atoms with Crippen LogP contribution in [0.4, 0.5) is 4.39 Å². The molecule has 0 bridgehead atoms. The van der Waals surface area contributed by atoms with Gasteiger partial charge in [0.25, 0.3) is 5.91 Å². The van der Waals surface area contributed by atoms with E-state index in [1.54, 1.807) is 16.7 Å². The molecule has 0 radical (unpaired) electrons. The number of nitrogens with zero attached hydrogens (tertiary/aromatic N) is 3. The molecular weight excluding hydrogens is 493 g/mol. The molecule has 4 rings (SSSR count). The fourth-order valence-electron chi connectivity index (χ4n) is 4.08. The molecule has 0 N–H and O–H groups in total. The fourth-order valence-corrected chi connectivity index (χ4v) is 6.74. The van der Waals surface area contributed by atoms with Gasteiger partial charge in [-0.1, -0.05) is 17.4 Å². The molecule has 2 unspecified atom stereocenters. The van der Waals surface area contributed by atoms with E-state index in [9.17, 15) is 17.6 Å². The second kappa shape index (κ2) is 10.7. The molecule has 3 aromatic rings. The van der Waals surface area contributed by atoms with Crippen LogP contribution < -0.4 is 4.80 Å². The predicted octanol–water partition coefficient (Wildman–Crippen LogP) is 3.42. The van der Waals surface area contributed by atoms with Gasteiger partial charge < -0.3 is 14.0 Å². The minimum Gasteiger partial charge on any atom is -0.380 e. The number of carbonyl (C=O) groups excluding carboxylic acids is 1. The van der Waals surface area contributed by atoms with E-state index in [0.717, 1.165) is 0 Å². The van der Waals surface area contributed by atoms with Crippen molar-refractivity contribution in [3.8, 4) is 0 Å². The van der Waals surface area contributed by atoms with Crippen molar-refractivity contribution in [2.24, 2.45) is 4.99 Å². The maximum atomic E-state index is 14.5. The summed E-state index contributed by atoms with van der Waals surface area (Å²) in [6.45, 7) is 7.30. The molecule has 1 aliphatic heterocycles. The van der Waals surface area contributed by atoms with E-state index in [4.69, 9.17) is 9.47 Å². The number of sulfonamides is 1. The van der Waals surface area contributed by atoms with Gasteiger partial charge in [0.2, 0.25) is 10.0 Å². The number of fused-ring (bicyclic) bond motifs is 1. The molecule has 2 atom stereocenters. The zero-order chi connectivity index (χ0) is 25.2. The molecule has 1 amide bonds. The molecule has 35 heavy (non-hydrogen) atoms. The molecule has 0 aliphatic carbocycles. The van der Waals surface area contributed by atoms with Gasteiger partial charge in [0, 0.05) is 31.8 Å². The van der Waals surface area contributed by atoms with Gasteiger partial charge in [-0.25, -0.2) is 12.8 Å². The van der Waals surface area contributed by atoms with E-state index in [-0.39, 0.29) is 35.8 Å². The number of ether oxygens (including phenoxy) is 2. The first-order chi connectivity index (χ1) is 16.7. The van der Waals surface area contributed by atoms with Gasteiger partial charge in [-0.2, -0.15) is 9.30 Å². The number of para-hydroxylation sites is 1. The Morgan fingerprint density at radius 3 is 2.51 bits per heavy atom. The Labute approximate surface area is 207 Å². The first-order valence-corrected chi connectivity index (χ1v) is 13.7. The van der Waals surface area contributed by atoms with Gasteiger partial charge >= 0.3 is 0 Å². The Morgan fingerprint density at radius 2 is 1.86 bits per heavy atom. The Kier molecular flexibility index (Phi) is 7.82. The third-order valence-corrected chi connectivity index (χ3v) is 8.53. The standard InChI is InChI=1S/C24H28FN3O5S2/c1-4-32-13-12-28-22-20(25)6-5-7-21(22)34-24(28)26-23(29)18-8-10-19(11-9-18)35(30,31)27-14-16(2)33-17(3)15-27/h5-11,16-17H,4,12-15H2,1-3H3. The Balaban J connectivity index is 1.63. The first-order valence-electron chi connectivity index (χ1n) is 11.4. The van der Waals surface area contributed by atoms with E-state index >= 15 is 0 Å². The highest BCUT2D eigenvalue weighted by molar-refractivity contribution is 7.89. The van der Waals surface area contributed by atoms with Crippen LogP contribution in [0.2, 0.25) is 0 Å². The van der Waals surface area contributed by atoms with Crippen LogP contribution in [0.5, 0.6) is 0 Å². The monoisotopic (exact) mass is 521 g/mol. The lowest BCUT2D eigenvalue weighted by molar-refractivity contribution is -0.0440. The Morgan fingerprint density at radius 1 is 1.17 bits per heavy atom. The molecule has 1 aliphatic rings. The summed E-state index contributed by atoms with van der Waals surface area (Å²) in [5.74, 6) is -0.940. The summed E-state index contributed by atoms with van der Waals surface area (Å²) < 4.78 is 55.4. The number of halogens is 1. The number of hydrogen-bond donors (Lipinski definition) is 0. The molecule has 1 fully saturated rings. The second-order valence-electron chi connectivity index (χ2n) is 8.34. The lowest BCUT2D eigenvalue weighted by Crippen LogP contribution is -2.48. The third-order valence-electron chi connectivity index (χ3n) is 5.64. The summed E-state index contributed by atoms with van der Waals surface area (Å²) in [6.07, 6.45) is -0.400. The Bertz CT molecular complexity index is 1370. The zero-order valence-corrected chi connectivity index (χ0v) is 21.4. The van der Waals surface area contributed by atoms with Crippen LogP contribution in [0.3, 0.4) is 0 Å². The average molecular weight is 522 g/mol. The van der Waals surface area contributed by atoms with Crippen LogP contribution in [0.1, 0.15) is 31.1 Å². The number of rotatable bonds is 7. The zero-order valence-electron chi connectivity index (χ0n) is 19.8. The number of amides is 1. The molecule has 2 aromatic carbocycles. The largest absolute Gasteiger partial charge is 0.380 e. The highest BCUT2D eigenvalue weighted by Crippen LogP contribution is 2.23. The first kappa shape index (κ1) is 25.6. The molecule has 0 saturated carbocycles. The van der Waals surface area contributed by atoms with Crippen LogP contribution in [-0.2, 0) is 26.0 Å². The van der Waals surface area contributed by atoms with Crippen molar-refractivity contribution in [1.82, 2.24) is 8.87 Å². The van der Waals surface area contributed by atoms with Gasteiger partial charge in [-0.05, 0) is 57.2 Å². The van der Waals surface area contributed by atoms with Crippen molar-refractivity contribution in [2.75, 3.05) is 26.3 Å². The maximum absolute atomic E-state index is 14.5. The number of hydrogen-bond acceptors (Lipinski definition) is 6. The summed E-state index contributed by atoms with van der Waals surface area (Å²) in [5, 5.41) is 0. The number of morpholine rings is 1. The normalized spacial score (nSPS) is 19.9. The van der Waals surface area contributed by atoms with Crippen molar-refractivity contribution >= 4 is 37.5 Å². The van der Waals surface area contributed by atoms with E-state index < -0.39 is 21.7 Å². The summed E-state index contributed by atoms with van der Waals surface area (Å²) in [6, 6.07) is 10.5. The predicted molar refractivity (Wildman–Crippen MR) is 131 cm³/mol. The van der Waals surface area contributed by atoms with Gasteiger partial charge in [-0.15, -0.1) is 0 Å². The lowest BCUT2D eigenvalue weighted by atomic mass is 10.2. The number of aromatic nitrogens is 1. The highest BCUT2D eigenvalue weighted by Gasteiger charge is 2.32. The quantitative estimate of drug-likeness (QED) is 0.445. The van der Waals surface area contributed by atoms with Gasteiger partial charge in [0.05, 0.1) is 33.9 Å². The van der Waals surface area contributed by atoms with Crippen molar-refractivity contribution < 1.29 is 27.1 Å². The lowest BCUT2D eigenvalue weighted by Gasteiger charge is -2.34. The summed E-state index contributed by atoms with van der Waals surface area (Å²) >= 11 is 1.21. The molecule has 1 aromatic heterocycles. The molecule has 2 heterocycles. The molecule has 11 heteroatoms. The molecule has 1 saturated heterocycles. The van der Waals surface area contributed by atoms with Gasteiger partial charge in [0.15, 0.2) is 4.80 Å². The molecule has 8 nitrogen and oxygen atoms in total. The van der Waals surface area contributed by atoms with Crippen molar-refractivity contribution in [3.05, 3.63) is 58.6 Å². The van der Waals surface area contributed by atoms with Crippen molar-refractivity contribution in [2.45, 2.75) is 44.4 Å². The minimum absolute atomic E-state index is 0.103. The average Bonchev–Trinajstić information content (AvgIpc) is 3.17. The Hall–Kier alpha value is -2.44. The minimum atomic E-state index is -3.72. The van der Waals surface area contributed by atoms with Crippen LogP contribution in [0.25, 0.3) is 10.2 Å².